The zero-order valence-corrected chi connectivity index (χ0v) is 11.6. The fourth-order valence-corrected chi connectivity index (χ4v) is 3.14. The number of ketones is 1. The quantitative estimate of drug-likeness (QED) is 0.555. The maximum absolute atomic E-state index is 11.2. The van der Waals surface area contributed by atoms with Crippen LogP contribution in [0.2, 0.25) is 0 Å². The predicted molar refractivity (Wildman–Crippen MR) is 64.7 cm³/mol. The van der Waals surface area contributed by atoms with Crippen LogP contribution in [0.25, 0.3) is 0 Å². The highest BCUT2D eigenvalue weighted by Gasteiger charge is 2.12. The van der Waals surface area contributed by atoms with Crippen LogP contribution >= 0.6 is 47.8 Å². The first-order valence-corrected chi connectivity index (χ1v) is 6.24. The van der Waals surface area contributed by atoms with E-state index in [9.17, 15) is 4.79 Å². The van der Waals surface area contributed by atoms with Crippen molar-refractivity contribution in [2.75, 3.05) is 0 Å². The summed E-state index contributed by atoms with van der Waals surface area (Å²) in [6, 6.07) is 5.62. The summed E-state index contributed by atoms with van der Waals surface area (Å²) in [7, 11) is 0. The zero-order valence-electron chi connectivity index (χ0n) is 6.85. The monoisotopic (exact) mass is 368 g/mol. The van der Waals surface area contributed by atoms with Crippen LogP contribution in [0.5, 0.6) is 0 Å². The molecule has 0 N–H and O–H groups in total. The van der Waals surface area contributed by atoms with Crippen molar-refractivity contribution in [1.82, 2.24) is 0 Å². The number of alkyl halides is 2. The summed E-state index contributed by atoms with van der Waals surface area (Å²) in [6.07, 6.45) is 0. The van der Waals surface area contributed by atoms with Gasteiger partial charge in [0.25, 0.3) is 0 Å². The van der Waals surface area contributed by atoms with Gasteiger partial charge in [0, 0.05) is 10.0 Å². The van der Waals surface area contributed by atoms with Crippen molar-refractivity contribution >= 4 is 53.6 Å². The van der Waals surface area contributed by atoms with Crippen molar-refractivity contribution in [3.05, 3.63) is 33.8 Å². The largest absolute Gasteiger partial charge is 0.294 e. The summed E-state index contributed by atoms with van der Waals surface area (Å²) < 4.78 is 0.912. The van der Waals surface area contributed by atoms with Crippen LogP contribution in [0.4, 0.5) is 0 Å². The van der Waals surface area contributed by atoms with Crippen LogP contribution in [0.3, 0.4) is 0 Å². The van der Waals surface area contributed by atoms with E-state index in [1.807, 2.05) is 12.1 Å². The van der Waals surface area contributed by atoms with Gasteiger partial charge in [0.2, 0.25) is 0 Å². The topological polar surface area (TPSA) is 17.1 Å². The minimum Gasteiger partial charge on any atom is -0.294 e. The first-order valence-electron chi connectivity index (χ1n) is 3.61. The smallest absolute Gasteiger partial charge is 0.160 e. The molecule has 0 aromatic heterocycles. The second kappa shape index (κ2) is 4.71. The Morgan fingerprint density at radius 2 is 2.00 bits per heavy atom. The number of hydrogen-bond acceptors (Lipinski definition) is 1. The molecular weight excluding hydrogens is 364 g/mol. The second-order valence-electron chi connectivity index (χ2n) is 2.57. The molecule has 0 unspecified atom stereocenters. The highest BCUT2D eigenvalue weighted by atomic mass is 79.9. The molecule has 0 saturated heterocycles. The standard InChI is InChI=1S/C9H7Br3O/c1-5(13)6-3-2-4-7(8(6)10)9(11)12/h2-4,9H,1H3. The van der Waals surface area contributed by atoms with E-state index in [0.29, 0.717) is 5.56 Å². The van der Waals surface area contributed by atoms with Gasteiger partial charge in [-0.25, -0.2) is 0 Å². The highest BCUT2D eigenvalue weighted by molar-refractivity contribution is 9.24. The Kier molecular flexibility index (Phi) is 4.13. The van der Waals surface area contributed by atoms with Crippen LogP contribution in [-0.4, -0.2) is 5.78 Å². The summed E-state index contributed by atoms with van der Waals surface area (Å²) in [5.41, 5.74) is 1.73. The molecule has 0 amide bonds. The second-order valence-corrected chi connectivity index (χ2v) is 6.42. The molecule has 0 aliphatic rings. The lowest BCUT2D eigenvalue weighted by atomic mass is 10.1. The summed E-state index contributed by atoms with van der Waals surface area (Å²) in [6.45, 7) is 1.56. The molecule has 13 heavy (non-hydrogen) atoms. The highest BCUT2D eigenvalue weighted by Crippen LogP contribution is 2.36. The lowest BCUT2D eigenvalue weighted by Gasteiger charge is -2.08. The summed E-state index contributed by atoms with van der Waals surface area (Å²) >= 11 is 10.2. The zero-order chi connectivity index (χ0) is 10.0. The first-order chi connectivity index (χ1) is 6.04. The molecule has 0 aliphatic heterocycles. The Bertz CT molecular complexity index is 334. The number of rotatable bonds is 2. The Morgan fingerprint density at radius 1 is 1.38 bits per heavy atom. The molecule has 1 rings (SSSR count). The fraction of sp³-hybridized carbons (Fsp3) is 0.222. The van der Waals surface area contributed by atoms with Crippen LogP contribution in [-0.2, 0) is 0 Å². The maximum Gasteiger partial charge on any atom is 0.160 e. The normalized spacial score (nSPS) is 10.5. The van der Waals surface area contributed by atoms with Crippen molar-refractivity contribution in [2.45, 2.75) is 10.7 Å². The van der Waals surface area contributed by atoms with Crippen molar-refractivity contribution in [2.24, 2.45) is 0 Å². The Balaban J connectivity index is 3.26. The van der Waals surface area contributed by atoms with Gasteiger partial charge < -0.3 is 0 Å². The number of hydrogen-bond donors (Lipinski definition) is 0. The van der Waals surface area contributed by atoms with Gasteiger partial charge in [-0.3, -0.25) is 4.79 Å². The third-order valence-electron chi connectivity index (χ3n) is 1.64. The molecule has 0 radical (unpaired) electrons. The minimum atomic E-state index is 0.0636. The number of Topliss-reactive ketones (excluding diaryl/α,β-unsaturated/α-hetero) is 1. The van der Waals surface area contributed by atoms with Crippen molar-refractivity contribution in [3.63, 3.8) is 0 Å². The van der Waals surface area contributed by atoms with E-state index >= 15 is 0 Å². The van der Waals surface area contributed by atoms with Crippen molar-refractivity contribution in [1.29, 1.82) is 0 Å². The molecular formula is C9H7Br3O. The van der Waals surface area contributed by atoms with Gasteiger partial charge in [0.15, 0.2) is 5.78 Å². The van der Waals surface area contributed by atoms with Gasteiger partial charge in [0.1, 0.15) is 0 Å². The van der Waals surface area contributed by atoms with E-state index in [1.165, 1.54) is 0 Å². The molecule has 1 aromatic rings. The molecule has 1 nitrogen and oxygen atoms in total. The van der Waals surface area contributed by atoms with Gasteiger partial charge in [-0.15, -0.1) is 0 Å². The molecule has 0 spiro atoms. The Hall–Kier alpha value is 0.330. The summed E-state index contributed by atoms with van der Waals surface area (Å²) in [4.78, 5) is 11.2. The van der Waals surface area contributed by atoms with Gasteiger partial charge in [-0.05, 0) is 28.4 Å². The first kappa shape index (κ1) is 11.4. The van der Waals surface area contributed by atoms with Crippen molar-refractivity contribution < 1.29 is 4.79 Å². The lowest BCUT2D eigenvalue weighted by molar-refractivity contribution is 0.101. The van der Waals surface area contributed by atoms with E-state index in [1.54, 1.807) is 13.0 Å². The van der Waals surface area contributed by atoms with Crippen LogP contribution in [0, 0.1) is 0 Å². The number of carbonyl (C=O) groups is 1. The average Bonchev–Trinajstić information content (AvgIpc) is 2.03. The SMILES string of the molecule is CC(=O)c1cccc(C(Br)Br)c1Br. The van der Waals surface area contributed by atoms with E-state index in [2.05, 4.69) is 47.8 Å². The van der Waals surface area contributed by atoms with E-state index < -0.39 is 0 Å². The Labute approximate surface area is 102 Å². The molecule has 0 atom stereocenters. The molecule has 0 saturated carbocycles. The minimum absolute atomic E-state index is 0.0636. The molecule has 0 aliphatic carbocycles. The van der Waals surface area contributed by atoms with Crippen LogP contribution < -0.4 is 0 Å². The number of benzene rings is 1. The predicted octanol–water partition coefficient (Wildman–Crippen LogP) is 4.44. The third kappa shape index (κ3) is 2.64. The number of halogens is 3. The molecule has 0 bridgehead atoms. The van der Waals surface area contributed by atoms with Gasteiger partial charge in [-0.1, -0.05) is 50.1 Å². The lowest BCUT2D eigenvalue weighted by Crippen LogP contribution is -1.96. The molecule has 1 aromatic carbocycles. The maximum atomic E-state index is 11.2. The molecule has 0 fully saturated rings. The average molecular weight is 371 g/mol. The summed E-state index contributed by atoms with van der Waals surface area (Å²) in [5.74, 6) is 0.0642. The Morgan fingerprint density at radius 3 is 2.46 bits per heavy atom. The third-order valence-corrected chi connectivity index (χ3v) is 3.51. The molecule has 70 valence electrons. The van der Waals surface area contributed by atoms with Gasteiger partial charge in [-0.2, -0.15) is 0 Å². The molecule has 0 heterocycles. The van der Waals surface area contributed by atoms with Gasteiger partial charge >= 0.3 is 0 Å². The molecule has 4 heteroatoms. The summed E-state index contributed by atoms with van der Waals surface area (Å²) in [5, 5.41) is 0. The van der Waals surface area contributed by atoms with Crippen LogP contribution in [0.15, 0.2) is 22.7 Å². The van der Waals surface area contributed by atoms with Gasteiger partial charge in [0.05, 0.1) is 3.74 Å². The van der Waals surface area contributed by atoms with Crippen molar-refractivity contribution in [3.8, 4) is 0 Å². The van der Waals surface area contributed by atoms with E-state index in [4.69, 9.17) is 0 Å². The number of carbonyl (C=O) groups excluding carboxylic acids is 1. The van der Waals surface area contributed by atoms with E-state index in [-0.39, 0.29) is 9.52 Å². The van der Waals surface area contributed by atoms with E-state index in [0.717, 1.165) is 10.0 Å². The fourth-order valence-electron chi connectivity index (χ4n) is 0.990. The van der Waals surface area contributed by atoms with Crippen LogP contribution in [0.1, 0.15) is 26.6 Å².